The summed E-state index contributed by atoms with van der Waals surface area (Å²) in [6.45, 7) is 0.734. The Morgan fingerprint density at radius 1 is 1.25 bits per heavy atom. The van der Waals surface area contributed by atoms with Crippen LogP contribution >= 0.6 is 0 Å². The summed E-state index contributed by atoms with van der Waals surface area (Å²) >= 11 is 0. The van der Waals surface area contributed by atoms with Gasteiger partial charge < -0.3 is 14.4 Å². The van der Waals surface area contributed by atoms with E-state index in [0.29, 0.717) is 0 Å². The smallest absolute Gasteiger partial charge is 0.141 e. The SMILES string of the molecule is C#CC(c1ccc(OC)cc1)C12CCOC1N(C)c1ccccc12. The Hall–Kier alpha value is -2.44. The van der Waals surface area contributed by atoms with Gasteiger partial charge in [-0.2, -0.15) is 0 Å². The average Bonchev–Trinajstić information content (AvgIpc) is 3.16. The molecule has 2 heterocycles. The third-order valence-corrected chi connectivity index (χ3v) is 5.50. The first-order valence-corrected chi connectivity index (χ1v) is 8.26. The lowest BCUT2D eigenvalue weighted by Gasteiger charge is -2.35. The van der Waals surface area contributed by atoms with Gasteiger partial charge in [0.1, 0.15) is 12.0 Å². The Morgan fingerprint density at radius 3 is 2.71 bits per heavy atom. The summed E-state index contributed by atoms with van der Waals surface area (Å²) in [5.74, 6) is 3.88. The molecule has 0 bridgehead atoms. The van der Waals surface area contributed by atoms with Crippen LogP contribution < -0.4 is 9.64 Å². The number of methoxy groups -OCH3 is 1. The molecule has 0 saturated carbocycles. The average molecular weight is 319 g/mol. The van der Waals surface area contributed by atoms with Gasteiger partial charge in [0.25, 0.3) is 0 Å². The first-order valence-electron chi connectivity index (χ1n) is 8.26. The summed E-state index contributed by atoms with van der Waals surface area (Å²) in [6, 6.07) is 16.6. The molecule has 1 fully saturated rings. The van der Waals surface area contributed by atoms with Gasteiger partial charge in [0, 0.05) is 12.7 Å². The second-order valence-electron chi connectivity index (χ2n) is 6.51. The van der Waals surface area contributed by atoms with Gasteiger partial charge in [-0.1, -0.05) is 36.3 Å². The van der Waals surface area contributed by atoms with E-state index in [2.05, 4.69) is 54.3 Å². The number of hydrogen-bond donors (Lipinski definition) is 0. The number of nitrogens with zero attached hydrogens (tertiary/aromatic N) is 1. The van der Waals surface area contributed by atoms with Crippen molar-refractivity contribution in [1.29, 1.82) is 0 Å². The van der Waals surface area contributed by atoms with Crippen LogP contribution in [0.4, 0.5) is 5.69 Å². The molecule has 4 rings (SSSR count). The van der Waals surface area contributed by atoms with Crippen molar-refractivity contribution in [3.63, 3.8) is 0 Å². The molecule has 2 aromatic rings. The normalized spacial score (nSPS) is 25.7. The van der Waals surface area contributed by atoms with Gasteiger partial charge in [-0.15, -0.1) is 6.42 Å². The summed E-state index contributed by atoms with van der Waals surface area (Å²) < 4.78 is 11.4. The van der Waals surface area contributed by atoms with E-state index in [1.807, 2.05) is 12.1 Å². The van der Waals surface area contributed by atoms with Gasteiger partial charge in [-0.25, -0.2) is 0 Å². The molecule has 1 saturated heterocycles. The molecule has 3 atom stereocenters. The Labute approximate surface area is 143 Å². The minimum atomic E-state index is -0.200. The van der Waals surface area contributed by atoms with Crippen molar-refractivity contribution in [3.05, 3.63) is 59.7 Å². The lowest BCUT2D eigenvalue weighted by molar-refractivity contribution is 0.0844. The number of para-hydroxylation sites is 1. The van der Waals surface area contributed by atoms with E-state index in [4.69, 9.17) is 15.9 Å². The van der Waals surface area contributed by atoms with E-state index in [9.17, 15) is 0 Å². The van der Waals surface area contributed by atoms with Crippen LogP contribution in [-0.4, -0.2) is 27.0 Å². The molecule has 0 aliphatic carbocycles. The van der Waals surface area contributed by atoms with Gasteiger partial charge in [-0.3, -0.25) is 0 Å². The number of likely N-dealkylation sites (N-methyl/N-ethyl adjacent to an activating group) is 1. The standard InChI is InChI=1S/C21H21NO2/c1-4-17(15-9-11-16(23-3)12-10-15)21-13-14-24-20(21)22(2)19-8-6-5-7-18(19)21/h1,5-12,17,20H,13-14H2,2-3H3. The fourth-order valence-electron chi connectivity index (χ4n) is 4.42. The lowest BCUT2D eigenvalue weighted by Crippen LogP contribution is -2.43. The molecule has 0 radical (unpaired) electrons. The van der Waals surface area contributed by atoms with Gasteiger partial charge in [0.05, 0.1) is 25.0 Å². The molecule has 0 amide bonds. The minimum absolute atomic E-state index is 0.0157. The largest absolute Gasteiger partial charge is 0.497 e. The van der Waals surface area contributed by atoms with Crippen LogP contribution in [-0.2, 0) is 10.2 Å². The molecular formula is C21H21NO2. The molecule has 0 N–H and O–H groups in total. The molecule has 3 unspecified atom stereocenters. The van der Waals surface area contributed by atoms with Crippen LogP contribution in [0.5, 0.6) is 5.75 Å². The zero-order valence-electron chi connectivity index (χ0n) is 14.0. The predicted octanol–water partition coefficient (Wildman–Crippen LogP) is 3.55. The number of hydrogen-bond acceptors (Lipinski definition) is 3. The Morgan fingerprint density at radius 2 is 2.00 bits per heavy atom. The van der Waals surface area contributed by atoms with Crippen LogP contribution in [0.15, 0.2) is 48.5 Å². The highest BCUT2D eigenvalue weighted by atomic mass is 16.5. The van der Waals surface area contributed by atoms with Crippen molar-refractivity contribution < 1.29 is 9.47 Å². The summed E-state index contributed by atoms with van der Waals surface area (Å²) in [5.41, 5.74) is 3.46. The lowest BCUT2D eigenvalue weighted by atomic mass is 9.67. The third kappa shape index (κ3) is 1.90. The van der Waals surface area contributed by atoms with Gasteiger partial charge in [-0.05, 0) is 35.7 Å². The van der Waals surface area contributed by atoms with E-state index in [-0.39, 0.29) is 17.6 Å². The van der Waals surface area contributed by atoms with Crippen molar-refractivity contribution in [2.24, 2.45) is 0 Å². The molecule has 0 spiro atoms. The molecule has 122 valence electrons. The summed E-state index contributed by atoms with van der Waals surface area (Å²) in [5, 5.41) is 0. The third-order valence-electron chi connectivity index (χ3n) is 5.50. The summed E-state index contributed by atoms with van der Waals surface area (Å²) in [6.07, 6.45) is 6.97. The maximum absolute atomic E-state index is 6.13. The number of terminal acetylenes is 1. The topological polar surface area (TPSA) is 21.7 Å². The van der Waals surface area contributed by atoms with E-state index < -0.39 is 0 Å². The predicted molar refractivity (Wildman–Crippen MR) is 95.4 cm³/mol. The zero-order valence-corrected chi connectivity index (χ0v) is 14.0. The maximum atomic E-state index is 6.13. The first kappa shape index (κ1) is 15.1. The molecule has 0 aromatic heterocycles. The Kier molecular flexibility index (Phi) is 3.51. The molecule has 24 heavy (non-hydrogen) atoms. The number of ether oxygens (including phenoxy) is 2. The van der Waals surface area contributed by atoms with Crippen molar-refractivity contribution in [3.8, 4) is 18.1 Å². The molecule has 2 aromatic carbocycles. The monoisotopic (exact) mass is 319 g/mol. The van der Waals surface area contributed by atoms with Crippen molar-refractivity contribution >= 4 is 5.69 Å². The second kappa shape index (κ2) is 5.58. The van der Waals surface area contributed by atoms with Crippen LogP contribution in [0, 0.1) is 12.3 Å². The van der Waals surface area contributed by atoms with Crippen LogP contribution in [0.25, 0.3) is 0 Å². The first-order chi connectivity index (χ1) is 11.7. The molecule has 3 nitrogen and oxygen atoms in total. The molecule has 3 heteroatoms. The highest BCUT2D eigenvalue weighted by Gasteiger charge is 2.58. The number of rotatable bonds is 3. The molecule has 2 aliphatic heterocycles. The summed E-state index contributed by atoms with van der Waals surface area (Å²) in [7, 11) is 3.77. The quantitative estimate of drug-likeness (QED) is 0.808. The van der Waals surface area contributed by atoms with Crippen molar-refractivity contribution in [2.45, 2.75) is 24.0 Å². The number of anilines is 1. The summed E-state index contributed by atoms with van der Waals surface area (Å²) in [4.78, 5) is 2.23. The van der Waals surface area contributed by atoms with E-state index >= 15 is 0 Å². The van der Waals surface area contributed by atoms with Crippen LogP contribution in [0.3, 0.4) is 0 Å². The van der Waals surface area contributed by atoms with Crippen molar-refractivity contribution in [2.75, 3.05) is 25.7 Å². The van der Waals surface area contributed by atoms with E-state index in [1.165, 1.54) is 11.3 Å². The number of benzene rings is 2. The molecular weight excluding hydrogens is 298 g/mol. The van der Waals surface area contributed by atoms with E-state index in [0.717, 1.165) is 24.3 Å². The van der Waals surface area contributed by atoms with Gasteiger partial charge in [0.15, 0.2) is 0 Å². The Bertz CT molecular complexity index is 792. The zero-order chi connectivity index (χ0) is 16.7. The fourth-order valence-corrected chi connectivity index (χ4v) is 4.42. The van der Waals surface area contributed by atoms with E-state index in [1.54, 1.807) is 7.11 Å². The fraction of sp³-hybridized carbons (Fsp3) is 0.333. The Balaban J connectivity index is 1.86. The van der Waals surface area contributed by atoms with Gasteiger partial charge >= 0.3 is 0 Å². The highest BCUT2D eigenvalue weighted by molar-refractivity contribution is 5.66. The highest BCUT2D eigenvalue weighted by Crippen LogP contribution is 2.57. The van der Waals surface area contributed by atoms with Gasteiger partial charge in [0.2, 0.25) is 0 Å². The van der Waals surface area contributed by atoms with Crippen molar-refractivity contribution in [1.82, 2.24) is 0 Å². The van der Waals surface area contributed by atoms with Crippen LogP contribution in [0.2, 0.25) is 0 Å². The van der Waals surface area contributed by atoms with Crippen LogP contribution in [0.1, 0.15) is 23.5 Å². The minimum Gasteiger partial charge on any atom is -0.497 e. The second-order valence-corrected chi connectivity index (χ2v) is 6.51. The number of fused-ring (bicyclic) bond motifs is 3. The molecule has 2 aliphatic rings. The maximum Gasteiger partial charge on any atom is 0.141 e.